The van der Waals surface area contributed by atoms with Gasteiger partial charge in [0.15, 0.2) is 5.78 Å². The Kier molecular flexibility index (Phi) is 6.88. The zero-order chi connectivity index (χ0) is 27.1. The monoisotopic (exact) mass is 573 g/mol. The zero-order valence-corrected chi connectivity index (χ0v) is 23.3. The number of aryl methyl sites for hydroxylation is 2. The summed E-state index contributed by atoms with van der Waals surface area (Å²) >= 11 is 3.49. The van der Waals surface area contributed by atoms with E-state index in [1.54, 1.807) is 40.1 Å². The number of hydrogen-bond acceptors (Lipinski definition) is 5. The second-order valence-corrected chi connectivity index (χ2v) is 10.7. The number of Topliss-reactive ketones (excluding diaryl/α,β-unsaturated/α-hetero) is 1. The minimum Gasteiger partial charge on any atom is -0.330 e. The van der Waals surface area contributed by atoms with Gasteiger partial charge in [0.2, 0.25) is 0 Å². The van der Waals surface area contributed by atoms with Crippen molar-refractivity contribution in [1.29, 1.82) is 0 Å². The SMILES string of the molecule is CC(=O)c1ccc(-n2c(Cn3cnc(C)c3)nc3c(c2=O)CC(C)N(C(=O)c2ccc(Br)c(C)c2)C3)cc1. The van der Waals surface area contributed by atoms with Crippen molar-refractivity contribution >= 4 is 27.6 Å². The van der Waals surface area contributed by atoms with Crippen LogP contribution >= 0.6 is 15.9 Å². The van der Waals surface area contributed by atoms with Gasteiger partial charge in [0.1, 0.15) is 5.82 Å². The Morgan fingerprint density at radius 2 is 1.79 bits per heavy atom. The average molecular weight is 574 g/mol. The quantitative estimate of drug-likeness (QED) is 0.324. The third-order valence-electron chi connectivity index (χ3n) is 6.97. The van der Waals surface area contributed by atoms with E-state index < -0.39 is 0 Å². The molecule has 0 bridgehead atoms. The molecule has 5 rings (SSSR count). The molecule has 0 N–H and O–H groups in total. The zero-order valence-electron chi connectivity index (χ0n) is 21.7. The van der Waals surface area contributed by atoms with Crippen LogP contribution in [-0.2, 0) is 19.5 Å². The van der Waals surface area contributed by atoms with Crippen molar-refractivity contribution < 1.29 is 9.59 Å². The molecule has 3 heterocycles. The topological polar surface area (TPSA) is 90.1 Å². The summed E-state index contributed by atoms with van der Waals surface area (Å²) in [5.74, 6) is 0.403. The van der Waals surface area contributed by atoms with Crippen LogP contribution < -0.4 is 5.56 Å². The Bertz CT molecular complexity index is 1620. The van der Waals surface area contributed by atoms with E-state index in [0.717, 1.165) is 15.7 Å². The summed E-state index contributed by atoms with van der Waals surface area (Å²) < 4.78 is 4.44. The molecule has 1 amide bonds. The van der Waals surface area contributed by atoms with E-state index in [-0.39, 0.29) is 29.8 Å². The largest absolute Gasteiger partial charge is 0.330 e. The third kappa shape index (κ3) is 4.86. The molecule has 1 aliphatic rings. The molecule has 1 aliphatic heterocycles. The molecule has 38 heavy (non-hydrogen) atoms. The number of nitrogens with zero attached hydrogens (tertiary/aromatic N) is 5. The van der Waals surface area contributed by atoms with Gasteiger partial charge in [-0.1, -0.05) is 15.9 Å². The van der Waals surface area contributed by atoms with Gasteiger partial charge in [0, 0.05) is 33.4 Å². The Hall–Kier alpha value is -3.85. The summed E-state index contributed by atoms with van der Waals surface area (Å²) in [6, 6.07) is 12.4. The molecule has 0 radical (unpaired) electrons. The smallest absolute Gasteiger partial charge is 0.261 e. The van der Waals surface area contributed by atoms with Gasteiger partial charge in [-0.3, -0.25) is 19.0 Å². The van der Waals surface area contributed by atoms with E-state index in [2.05, 4.69) is 20.9 Å². The Balaban J connectivity index is 1.58. The maximum absolute atomic E-state index is 13.9. The van der Waals surface area contributed by atoms with Gasteiger partial charge in [0.25, 0.3) is 11.5 Å². The number of carbonyl (C=O) groups is 2. The Morgan fingerprint density at radius 1 is 1.08 bits per heavy atom. The van der Waals surface area contributed by atoms with Crippen molar-refractivity contribution in [3.05, 3.63) is 109 Å². The van der Waals surface area contributed by atoms with E-state index in [1.165, 1.54) is 6.92 Å². The first-order chi connectivity index (χ1) is 18.1. The summed E-state index contributed by atoms with van der Waals surface area (Å²) in [7, 11) is 0. The van der Waals surface area contributed by atoms with Crippen molar-refractivity contribution in [3.63, 3.8) is 0 Å². The van der Waals surface area contributed by atoms with E-state index in [4.69, 9.17) is 4.98 Å². The van der Waals surface area contributed by atoms with Crippen LogP contribution in [0.25, 0.3) is 5.69 Å². The third-order valence-corrected chi connectivity index (χ3v) is 7.86. The van der Waals surface area contributed by atoms with Crippen LogP contribution in [0.1, 0.15) is 62.9 Å². The molecule has 2 aromatic heterocycles. The molecule has 0 saturated heterocycles. The highest BCUT2D eigenvalue weighted by molar-refractivity contribution is 9.10. The minimum atomic E-state index is -0.177. The number of carbonyl (C=O) groups excluding carboxylic acids is 2. The van der Waals surface area contributed by atoms with Gasteiger partial charge in [-0.25, -0.2) is 9.97 Å². The van der Waals surface area contributed by atoms with E-state index in [1.807, 2.05) is 49.7 Å². The lowest BCUT2D eigenvalue weighted by Crippen LogP contribution is -2.46. The Morgan fingerprint density at radius 3 is 2.42 bits per heavy atom. The summed E-state index contributed by atoms with van der Waals surface area (Å²) in [4.78, 5) is 50.3. The molecule has 8 nitrogen and oxygen atoms in total. The minimum absolute atomic E-state index is 0.0406. The number of halogens is 1. The van der Waals surface area contributed by atoms with Crippen LogP contribution in [-0.4, -0.2) is 41.7 Å². The highest BCUT2D eigenvalue weighted by atomic mass is 79.9. The first-order valence-electron chi connectivity index (χ1n) is 12.4. The van der Waals surface area contributed by atoms with E-state index >= 15 is 0 Å². The van der Waals surface area contributed by atoms with E-state index in [0.29, 0.717) is 46.9 Å². The molecule has 0 aliphatic carbocycles. The first kappa shape index (κ1) is 25.8. The lowest BCUT2D eigenvalue weighted by molar-refractivity contribution is 0.0652. The van der Waals surface area contributed by atoms with Crippen LogP contribution in [0.2, 0.25) is 0 Å². The van der Waals surface area contributed by atoms with Crippen LogP contribution in [0, 0.1) is 13.8 Å². The molecule has 0 saturated carbocycles. The van der Waals surface area contributed by atoms with Crippen molar-refractivity contribution in [2.45, 2.75) is 53.2 Å². The molecular weight excluding hydrogens is 546 g/mol. The first-order valence-corrected chi connectivity index (χ1v) is 13.2. The normalized spacial score (nSPS) is 14.9. The molecule has 2 aromatic carbocycles. The fraction of sp³-hybridized carbons (Fsp3) is 0.276. The second-order valence-electron chi connectivity index (χ2n) is 9.83. The number of aromatic nitrogens is 4. The van der Waals surface area contributed by atoms with Gasteiger partial charge in [0.05, 0.1) is 36.5 Å². The molecule has 0 fully saturated rings. The highest BCUT2D eigenvalue weighted by Gasteiger charge is 2.32. The van der Waals surface area contributed by atoms with Crippen molar-refractivity contribution in [2.75, 3.05) is 0 Å². The number of fused-ring (bicyclic) bond motifs is 1. The summed E-state index contributed by atoms with van der Waals surface area (Å²) in [6.07, 6.45) is 4.00. The molecule has 194 valence electrons. The number of rotatable bonds is 5. The maximum atomic E-state index is 13.9. The van der Waals surface area contributed by atoms with Crippen LogP contribution in [0.3, 0.4) is 0 Å². The maximum Gasteiger partial charge on any atom is 0.261 e. The molecule has 1 atom stereocenters. The van der Waals surface area contributed by atoms with Crippen LogP contribution in [0.5, 0.6) is 0 Å². The summed E-state index contributed by atoms with van der Waals surface area (Å²) in [6.45, 7) is 7.90. The lowest BCUT2D eigenvalue weighted by Gasteiger charge is -2.34. The number of hydrogen-bond donors (Lipinski definition) is 0. The van der Waals surface area contributed by atoms with Gasteiger partial charge in [-0.2, -0.15) is 0 Å². The summed E-state index contributed by atoms with van der Waals surface area (Å²) in [5, 5.41) is 0. The predicted octanol–water partition coefficient (Wildman–Crippen LogP) is 4.65. The molecule has 4 aromatic rings. The number of imidazole rings is 1. The number of benzene rings is 2. The predicted molar refractivity (Wildman–Crippen MR) is 148 cm³/mol. The van der Waals surface area contributed by atoms with Gasteiger partial charge in [-0.15, -0.1) is 0 Å². The van der Waals surface area contributed by atoms with Crippen molar-refractivity contribution in [2.24, 2.45) is 0 Å². The number of ketones is 1. The number of amides is 1. The Labute approximate surface area is 229 Å². The lowest BCUT2D eigenvalue weighted by atomic mass is 9.98. The van der Waals surface area contributed by atoms with Gasteiger partial charge >= 0.3 is 0 Å². The molecular formula is C29H28BrN5O3. The van der Waals surface area contributed by atoms with Crippen LogP contribution in [0.4, 0.5) is 0 Å². The van der Waals surface area contributed by atoms with Crippen LogP contribution in [0.15, 0.2) is 64.3 Å². The molecule has 1 unspecified atom stereocenters. The fourth-order valence-electron chi connectivity index (χ4n) is 4.86. The van der Waals surface area contributed by atoms with Gasteiger partial charge in [-0.05, 0) is 82.1 Å². The van der Waals surface area contributed by atoms with Gasteiger partial charge < -0.3 is 9.47 Å². The van der Waals surface area contributed by atoms with E-state index in [9.17, 15) is 14.4 Å². The fourth-order valence-corrected chi connectivity index (χ4v) is 5.11. The molecule has 0 spiro atoms. The summed E-state index contributed by atoms with van der Waals surface area (Å²) in [5.41, 5.74) is 4.72. The second kappa shape index (κ2) is 10.1. The van der Waals surface area contributed by atoms with Crippen molar-refractivity contribution in [3.8, 4) is 5.69 Å². The average Bonchev–Trinajstić information content (AvgIpc) is 3.30. The highest BCUT2D eigenvalue weighted by Crippen LogP contribution is 2.25. The standard InChI is InChI=1S/C29H28BrN5O3/c1-17-11-22(7-10-25(17)30)28(37)34-14-26-24(12-19(34)3)29(38)35(23-8-5-21(6-9-23)20(4)36)27(32-26)15-33-13-18(2)31-16-33/h5-11,13,16,19H,12,14-15H2,1-4H3. The molecule has 9 heteroatoms. The van der Waals surface area contributed by atoms with Crippen molar-refractivity contribution in [1.82, 2.24) is 24.0 Å².